The number of rotatable bonds is 2. The van der Waals surface area contributed by atoms with Gasteiger partial charge in [-0.25, -0.2) is 15.0 Å². The average Bonchev–Trinajstić information content (AvgIpc) is 3.02. The van der Waals surface area contributed by atoms with E-state index in [4.69, 9.17) is 22.0 Å². The molecule has 1 aliphatic rings. The highest BCUT2D eigenvalue weighted by Gasteiger charge is 2.44. The molecule has 0 aromatic carbocycles. The van der Waals surface area contributed by atoms with Crippen molar-refractivity contribution in [2.75, 3.05) is 12.3 Å². The van der Waals surface area contributed by atoms with Gasteiger partial charge in [-0.1, -0.05) is 0 Å². The first-order chi connectivity index (χ1) is 10.1. The summed E-state index contributed by atoms with van der Waals surface area (Å²) in [5.74, 6) is 2.46. The lowest BCUT2D eigenvalue weighted by Gasteiger charge is -2.16. The molecule has 3 rings (SSSR count). The van der Waals surface area contributed by atoms with E-state index in [0.717, 1.165) is 0 Å². The van der Waals surface area contributed by atoms with Crippen LogP contribution in [0.25, 0.3) is 11.2 Å². The molecule has 0 bridgehead atoms. The van der Waals surface area contributed by atoms with Crippen molar-refractivity contribution >= 4 is 17.0 Å². The van der Waals surface area contributed by atoms with Crippen LogP contribution in [0.3, 0.4) is 0 Å². The van der Waals surface area contributed by atoms with E-state index in [9.17, 15) is 10.2 Å². The highest BCUT2D eigenvalue weighted by molar-refractivity contribution is 5.82. The van der Waals surface area contributed by atoms with E-state index < -0.39 is 31.1 Å². The number of anilines is 1. The van der Waals surface area contributed by atoms with Gasteiger partial charge < -0.3 is 25.8 Å². The van der Waals surface area contributed by atoms with E-state index in [1.807, 2.05) is 0 Å². The summed E-state index contributed by atoms with van der Waals surface area (Å²) in [6, 6.07) is 0. The third-order valence-corrected chi connectivity index (χ3v) is 3.37. The molecular weight excluding hydrogens is 278 g/mol. The largest absolute Gasteiger partial charge is 0.394 e. The van der Waals surface area contributed by atoms with Crippen molar-refractivity contribution < 1.29 is 20.1 Å². The Kier molecular flexibility index (Phi) is 3.23. The molecule has 4 atom stereocenters. The Morgan fingerprint density at radius 1 is 1.38 bits per heavy atom. The van der Waals surface area contributed by atoms with Crippen LogP contribution in [0.1, 0.15) is 12.1 Å². The third kappa shape index (κ3) is 2.01. The number of nitrogens with zero attached hydrogens (tertiary/aromatic N) is 4. The molecular formula is C12H13N5O4. The molecule has 1 saturated heterocycles. The van der Waals surface area contributed by atoms with Gasteiger partial charge in [-0.3, -0.25) is 4.57 Å². The summed E-state index contributed by atoms with van der Waals surface area (Å²) < 4.78 is 6.82. The monoisotopic (exact) mass is 291 g/mol. The first-order valence-electron chi connectivity index (χ1n) is 6.16. The maximum Gasteiger partial charge on any atom is 0.208 e. The first kappa shape index (κ1) is 13.7. The van der Waals surface area contributed by atoms with E-state index in [1.165, 1.54) is 10.9 Å². The summed E-state index contributed by atoms with van der Waals surface area (Å²) in [6.45, 7) is -0.423. The predicted molar refractivity (Wildman–Crippen MR) is 70.7 cm³/mol. The molecule has 2 aromatic heterocycles. The molecule has 21 heavy (non-hydrogen) atoms. The van der Waals surface area contributed by atoms with Crippen molar-refractivity contribution in [3.8, 4) is 12.3 Å². The second-order valence-corrected chi connectivity index (χ2v) is 4.63. The Morgan fingerprint density at radius 3 is 2.76 bits per heavy atom. The molecule has 0 aliphatic carbocycles. The van der Waals surface area contributed by atoms with Crippen molar-refractivity contribution in [2.45, 2.75) is 24.5 Å². The van der Waals surface area contributed by atoms with Gasteiger partial charge in [0.2, 0.25) is 5.82 Å². The number of nitrogen functional groups attached to an aromatic ring is 1. The number of aliphatic hydroxyl groups is 3. The lowest BCUT2D eigenvalue weighted by atomic mass is 10.1. The van der Waals surface area contributed by atoms with Crippen molar-refractivity contribution in [1.82, 2.24) is 19.5 Å². The highest BCUT2D eigenvalue weighted by atomic mass is 16.6. The highest BCUT2D eigenvalue weighted by Crippen LogP contribution is 2.31. The van der Waals surface area contributed by atoms with Gasteiger partial charge >= 0.3 is 0 Å². The molecule has 1 aliphatic heterocycles. The van der Waals surface area contributed by atoms with Crippen LogP contribution < -0.4 is 5.73 Å². The minimum absolute atomic E-state index is 0.0773. The first-order valence-corrected chi connectivity index (χ1v) is 6.16. The van der Waals surface area contributed by atoms with Crippen LogP contribution in [-0.2, 0) is 4.74 Å². The number of nitrogens with two attached hydrogens (primary N) is 1. The summed E-state index contributed by atoms with van der Waals surface area (Å²) in [6.07, 6.45) is 2.30. The molecule has 9 heteroatoms. The fourth-order valence-corrected chi connectivity index (χ4v) is 2.30. The van der Waals surface area contributed by atoms with Crippen molar-refractivity contribution in [3.63, 3.8) is 0 Å². The van der Waals surface area contributed by atoms with Crippen molar-refractivity contribution in [2.24, 2.45) is 0 Å². The summed E-state index contributed by atoms with van der Waals surface area (Å²) in [5.41, 5.74) is 6.34. The van der Waals surface area contributed by atoms with E-state index in [1.54, 1.807) is 0 Å². The zero-order chi connectivity index (χ0) is 15.1. The summed E-state index contributed by atoms with van der Waals surface area (Å²) in [4.78, 5) is 12.1. The third-order valence-electron chi connectivity index (χ3n) is 3.37. The van der Waals surface area contributed by atoms with E-state index in [2.05, 4.69) is 20.9 Å². The van der Waals surface area contributed by atoms with Gasteiger partial charge in [-0.2, -0.15) is 0 Å². The second-order valence-electron chi connectivity index (χ2n) is 4.63. The standard InChI is InChI=1S/C12H13N5O4/c1-2-6-15-10(13)7-11(16-6)17(4-14-7)12-9(20)8(19)5(3-18)21-12/h1,4-5,8-9,12,18-20H,3H2,(H2,13,15,16). The van der Waals surface area contributed by atoms with E-state index in [-0.39, 0.29) is 17.3 Å². The number of hydrogen-bond donors (Lipinski definition) is 4. The molecule has 1 fully saturated rings. The Hall–Kier alpha value is -2.25. The molecule has 110 valence electrons. The Morgan fingerprint density at radius 2 is 2.14 bits per heavy atom. The Labute approximate surface area is 119 Å². The topological polar surface area (TPSA) is 140 Å². The number of fused-ring (bicyclic) bond motifs is 1. The molecule has 0 amide bonds. The van der Waals surface area contributed by atoms with Crippen LogP contribution in [0.2, 0.25) is 0 Å². The normalized spacial score (nSPS) is 28.9. The number of aromatic nitrogens is 4. The Balaban J connectivity index is 2.10. The van der Waals surface area contributed by atoms with Crippen molar-refractivity contribution in [3.05, 3.63) is 12.2 Å². The minimum atomic E-state index is -1.25. The van der Waals surface area contributed by atoms with Crippen LogP contribution in [0.4, 0.5) is 5.82 Å². The molecule has 0 radical (unpaired) electrons. The molecule has 0 spiro atoms. The molecule has 9 nitrogen and oxygen atoms in total. The molecule has 2 aromatic rings. The summed E-state index contributed by atoms with van der Waals surface area (Å²) >= 11 is 0. The molecule has 3 heterocycles. The average molecular weight is 291 g/mol. The smallest absolute Gasteiger partial charge is 0.208 e. The zero-order valence-corrected chi connectivity index (χ0v) is 10.8. The van der Waals surface area contributed by atoms with E-state index >= 15 is 0 Å². The van der Waals surface area contributed by atoms with Gasteiger partial charge in [0.05, 0.1) is 12.9 Å². The lowest BCUT2D eigenvalue weighted by Crippen LogP contribution is -2.33. The second kappa shape index (κ2) is 4.94. The maximum absolute atomic E-state index is 10.0. The van der Waals surface area contributed by atoms with Crippen LogP contribution in [0.15, 0.2) is 6.33 Å². The fraction of sp³-hybridized carbons (Fsp3) is 0.417. The van der Waals surface area contributed by atoms with Crippen LogP contribution in [-0.4, -0.2) is 59.8 Å². The van der Waals surface area contributed by atoms with Crippen LogP contribution in [0, 0.1) is 12.3 Å². The number of aliphatic hydroxyl groups excluding tert-OH is 3. The fourth-order valence-electron chi connectivity index (χ4n) is 2.30. The van der Waals surface area contributed by atoms with E-state index in [0.29, 0.717) is 5.52 Å². The number of hydrogen-bond acceptors (Lipinski definition) is 8. The van der Waals surface area contributed by atoms with Gasteiger partial charge in [0.15, 0.2) is 17.7 Å². The molecule has 4 unspecified atom stereocenters. The van der Waals surface area contributed by atoms with Gasteiger partial charge in [-0.05, 0) is 5.92 Å². The van der Waals surface area contributed by atoms with Crippen molar-refractivity contribution in [1.29, 1.82) is 0 Å². The summed E-state index contributed by atoms with van der Waals surface area (Å²) in [7, 11) is 0. The number of terminal acetylenes is 1. The van der Waals surface area contributed by atoms with Gasteiger partial charge in [-0.15, -0.1) is 6.42 Å². The zero-order valence-electron chi connectivity index (χ0n) is 10.8. The minimum Gasteiger partial charge on any atom is -0.394 e. The van der Waals surface area contributed by atoms with Gasteiger partial charge in [0.25, 0.3) is 0 Å². The predicted octanol–water partition coefficient (Wildman–Crippen LogP) is -2.00. The number of imidazole rings is 1. The quantitative estimate of drug-likeness (QED) is 0.466. The lowest BCUT2D eigenvalue weighted by molar-refractivity contribution is -0.0511. The van der Waals surface area contributed by atoms with Gasteiger partial charge in [0, 0.05) is 0 Å². The maximum atomic E-state index is 10.0. The van der Waals surface area contributed by atoms with Crippen LogP contribution >= 0.6 is 0 Å². The van der Waals surface area contributed by atoms with Gasteiger partial charge in [0.1, 0.15) is 23.8 Å². The summed E-state index contributed by atoms with van der Waals surface area (Å²) in [5, 5.41) is 28.9. The number of ether oxygens (including phenoxy) is 1. The molecule has 5 N–H and O–H groups in total. The Bertz CT molecular complexity index is 724. The molecule has 0 saturated carbocycles. The van der Waals surface area contributed by atoms with Crippen LogP contribution in [0.5, 0.6) is 0 Å². The SMILES string of the molecule is C#Cc1nc(N)c2ncn(C3OC(CO)C(O)C3O)c2n1.